The van der Waals surface area contributed by atoms with Gasteiger partial charge in [0.15, 0.2) is 0 Å². The van der Waals surface area contributed by atoms with Crippen molar-refractivity contribution in [3.8, 4) is 0 Å². The maximum absolute atomic E-state index is 6.39. The third-order valence-electron chi connectivity index (χ3n) is 3.10. The molecule has 0 bridgehead atoms. The molecule has 0 spiro atoms. The average molecular weight is 400 g/mol. The lowest BCUT2D eigenvalue weighted by molar-refractivity contribution is 0.672. The lowest BCUT2D eigenvalue weighted by atomic mass is 9.71. The number of unbranched alkanes of at least 4 members (excludes halogenated alkanes) is 6. The van der Waals surface area contributed by atoms with Crippen LogP contribution < -0.4 is 0 Å². The highest BCUT2D eigenvalue weighted by Gasteiger charge is 2.16. The lowest BCUT2D eigenvalue weighted by Gasteiger charge is -2.08. The zero-order valence-electron chi connectivity index (χ0n) is 11.8. The fourth-order valence-corrected chi connectivity index (χ4v) is 3.54. The molecule has 0 amide bonds. The summed E-state index contributed by atoms with van der Waals surface area (Å²) >= 11 is 13.7. The largest absolute Gasteiger partial charge is 0.269 e. The number of hydrogen-bond donors (Lipinski definition) is 0. The highest BCUT2D eigenvalue weighted by Crippen LogP contribution is 2.29. The molecule has 0 rings (SSSR count). The van der Waals surface area contributed by atoms with Gasteiger partial charge in [0.05, 0.1) is 0 Å². The summed E-state index contributed by atoms with van der Waals surface area (Å²) in [7, 11) is 0. The van der Waals surface area contributed by atoms with Crippen molar-refractivity contribution >= 4 is 48.8 Å². The molecule has 0 nitrogen and oxygen atoms in total. The minimum absolute atomic E-state index is 0.330. The Labute approximate surface area is 135 Å². The Balaban J connectivity index is 3.87. The predicted molar refractivity (Wildman–Crippen MR) is 94.2 cm³/mol. The van der Waals surface area contributed by atoms with Crippen molar-refractivity contribution in [1.82, 2.24) is 0 Å². The van der Waals surface area contributed by atoms with E-state index in [1.165, 1.54) is 55.8 Å². The van der Waals surface area contributed by atoms with Crippen molar-refractivity contribution < 1.29 is 0 Å². The highest BCUT2D eigenvalue weighted by atomic mass is 79.9. The molecule has 0 aliphatic rings. The molecule has 0 radical (unpaired) electrons. The molecule has 0 saturated carbocycles. The van der Waals surface area contributed by atoms with Gasteiger partial charge in [0.25, 0.3) is 5.54 Å². The third-order valence-corrected chi connectivity index (χ3v) is 5.82. The SMILES string of the molecule is CCCCCCB(Br)/C(Cl)=C(/Br)CCCCCC. The summed E-state index contributed by atoms with van der Waals surface area (Å²) in [5.41, 5.74) is 0.330. The molecule has 0 unspecified atom stereocenters. The van der Waals surface area contributed by atoms with Crippen molar-refractivity contribution in [2.24, 2.45) is 0 Å². The molecule has 0 saturated heterocycles. The van der Waals surface area contributed by atoms with Gasteiger partial charge in [-0.05, 0) is 12.8 Å². The number of halogens is 3. The van der Waals surface area contributed by atoms with Crippen LogP contribution in [0.1, 0.15) is 71.6 Å². The predicted octanol–water partition coefficient (Wildman–Crippen LogP) is 7.31. The lowest BCUT2D eigenvalue weighted by Crippen LogP contribution is -2.05. The summed E-state index contributed by atoms with van der Waals surface area (Å²) in [6.07, 6.45) is 12.6. The second-order valence-corrected chi connectivity index (χ2v) is 7.35. The smallest absolute Gasteiger partial charge is 0.149 e. The van der Waals surface area contributed by atoms with Crippen LogP contribution in [0, 0.1) is 0 Å². The van der Waals surface area contributed by atoms with Gasteiger partial charge in [0.2, 0.25) is 0 Å². The molecule has 0 aromatic rings. The van der Waals surface area contributed by atoms with E-state index in [0.29, 0.717) is 5.54 Å². The van der Waals surface area contributed by atoms with Crippen molar-refractivity contribution in [3.05, 3.63) is 9.41 Å². The van der Waals surface area contributed by atoms with E-state index in [2.05, 4.69) is 45.5 Å². The monoisotopic (exact) mass is 398 g/mol. The van der Waals surface area contributed by atoms with E-state index >= 15 is 0 Å². The van der Waals surface area contributed by atoms with E-state index in [1.807, 2.05) is 0 Å². The summed E-state index contributed by atoms with van der Waals surface area (Å²) in [5.74, 6) is 0. The van der Waals surface area contributed by atoms with Crippen molar-refractivity contribution in [2.75, 3.05) is 0 Å². The number of hydrogen-bond acceptors (Lipinski definition) is 0. The van der Waals surface area contributed by atoms with Crippen LogP contribution in [0.15, 0.2) is 9.41 Å². The van der Waals surface area contributed by atoms with Crippen LogP contribution in [-0.2, 0) is 0 Å². The first-order valence-corrected chi connectivity index (χ1v) is 9.40. The van der Waals surface area contributed by atoms with E-state index in [4.69, 9.17) is 11.6 Å². The summed E-state index contributed by atoms with van der Waals surface area (Å²) in [4.78, 5) is 0.975. The minimum atomic E-state index is 0.330. The van der Waals surface area contributed by atoms with Crippen LogP contribution in [0.3, 0.4) is 0 Å². The molecule has 0 aliphatic heterocycles. The van der Waals surface area contributed by atoms with Crippen LogP contribution in [-0.4, -0.2) is 5.54 Å². The second kappa shape index (κ2) is 13.1. The standard InChI is InChI=1S/C14H26BBr2Cl/c1-3-5-7-9-11-13(16)14(18)15(17)12-10-8-6-4-2/h3-12H2,1-2H3/b14-13-. The van der Waals surface area contributed by atoms with Crippen molar-refractivity contribution in [2.45, 2.75) is 78.0 Å². The first-order valence-electron chi connectivity index (χ1n) is 7.31. The van der Waals surface area contributed by atoms with Crippen LogP contribution in [0.4, 0.5) is 0 Å². The van der Waals surface area contributed by atoms with Gasteiger partial charge in [-0.3, -0.25) is 0 Å². The van der Waals surface area contributed by atoms with Gasteiger partial charge in [-0.25, -0.2) is 0 Å². The summed E-state index contributed by atoms with van der Waals surface area (Å²) in [5, 5.41) is 0. The van der Waals surface area contributed by atoms with E-state index < -0.39 is 0 Å². The Morgan fingerprint density at radius 2 is 1.50 bits per heavy atom. The first kappa shape index (κ1) is 19.1. The Bertz CT molecular complexity index is 232. The molecule has 0 N–H and O–H groups in total. The summed E-state index contributed by atoms with van der Waals surface area (Å²) in [6, 6.07) is 0. The summed E-state index contributed by atoms with van der Waals surface area (Å²) < 4.78 is 1.19. The molecule has 0 aromatic carbocycles. The second-order valence-electron chi connectivity index (χ2n) is 4.88. The number of allylic oxidation sites excluding steroid dienone is 1. The number of rotatable bonds is 11. The molecule has 0 heterocycles. The van der Waals surface area contributed by atoms with Crippen molar-refractivity contribution in [1.29, 1.82) is 0 Å². The average Bonchev–Trinajstić information content (AvgIpc) is 2.38. The fourth-order valence-electron chi connectivity index (χ4n) is 1.87. The normalized spacial score (nSPS) is 12.5. The van der Waals surface area contributed by atoms with Crippen LogP contribution in [0.2, 0.25) is 6.32 Å². The third kappa shape index (κ3) is 9.92. The summed E-state index contributed by atoms with van der Waals surface area (Å²) in [6.45, 7) is 4.48. The van der Waals surface area contributed by atoms with Crippen LogP contribution in [0.5, 0.6) is 0 Å². The molecular formula is C14H26BBr2Cl. The Hall–Kier alpha value is 1.05. The van der Waals surface area contributed by atoms with Gasteiger partial charge < -0.3 is 0 Å². The molecule has 4 heteroatoms. The van der Waals surface area contributed by atoms with Gasteiger partial charge in [-0.15, -0.1) is 15.8 Å². The quantitative estimate of drug-likeness (QED) is 0.252. The van der Waals surface area contributed by atoms with Crippen LogP contribution >= 0.6 is 43.3 Å². The molecule has 0 aliphatic carbocycles. The van der Waals surface area contributed by atoms with Gasteiger partial charge in [0, 0.05) is 9.41 Å². The van der Waals surface area contributed by atoms with Crippen molar-refractivity contribution in [3.63, 3.8) is 0 Å². The molecule has 106 valence electrons. The first-order chi connectivity index (χ1) is 8.63. The topological polar surface area (TPSA) is 0 Å². The van der Waals surface area contributed by atoms with Gasteiger partial charge in [-0.2, -0.15) is 0 Å². The zero-order valence-corrected chi connectivity index (χ0v) is 15.7. The van der Waals surface area contributed by atoms with Crippen LogP contribution in [0.25, 0.3) is 0 Å². The Morgan fingerprint density at radius 3 is 2.06 bits per heavy atom. The maximum Gasteiger partial charge on any atom is 0.269 e. The van der Waals surface area contributed by atoms with E-state index in [9.17, 15) is 0 Å². The zero-order chi connectivity index (χ0) is 13.8. The van der Waals surface area contributed by atoms with Gasteiger partial charge in [0.1, 0.15) is 0 Å². The molecular weight excluding hydrogens is 374 g/mol. The molecule has 18 heavy (non-hydrogen) atoms. The minimum Gasteiger partial charge on any atom is -0.149 e. The fraction of sp³-hybridized carbons (Fsp3) is 0.857. The van der Waals surface area contributed by atoms with Gasteiger partial charge in [-0.1, -0.05) is 92.6 Å². The molecule has 0 atom stereocenters. The van der Waals surface area contributed by atoms with E-state index in [1.54, 1.807) is 0 Å². The van der Waals surface area contributed by atoms with E-state index in [0.717, 1.165) is 17.7 Å². The highest BCUT2D eigenvalue weighted by molar-refractivity contribution is 9.25. The molecule has 0 aromatic heterocycles. The maximum atomic E-state index is 6.39. The Morgan fingerprint density at radius 1 is 0.944 bits per heavy atom. The Kier molecular flexibility index (Phi) is 13.8. The van der Waals surface area contributed by atoms with Gasteiger partial charge >= 0.3 is 0 Å². The van der Waals surface area contributed by atoms with E-state index in [-0.39, 0.29) is 0 Å². The molecule has 0 fully saturated rings.